The summed E-state index contributed by atoms with van der Waals surface area (Å²) in [4.78, 5) is 3.56. The molecule has 0 fully saturated rings. The quantitative estimate of drug-likeness (QED) is 0.580. The largest absolute Gasteiger partial charge is 0.314 e. The van der Waals surface area contributed by atoms with Gasteiger partial charge in [-0.15, -0.1) is 0 Å². The van der Waals surface area contributed by atoms with Crippen LogP contribution in [0.2, 0.25) is 0 Å². The molecule has 0 aromatic carbocycles. The van der Waals surface area contributed by atoms with Crippen molar-refractivity contribution in [1.29, 1.82) is 5.26 Å². The Morgan fingerprint density at radius 3 is 2.47 bits per heavy atom. The first-order valence-corrected chi connectivity index (χ1v) is 5.68. The van der Waals surface area contributed by atoms with Crippen LogP contribution in [0.4, 0.5) is 0 Å². The van der Waals surface area contributed by atoms with Crippen LogP contribution in [0.5, 0.6) is 0 Å². The number of nitrogens with zero attached hydrogens (tertiary/aromatic N) is 2. The molecule has 0 bridgehead atoms. The molecule has 0 aliphatic rings. The molecule has 0 heterocycles. The van der Waals surface area contributed by atoms with Crippen LogP contribution >= 0.6 is 0 Å². The van der Waals surface area contributed by atoms with Crippen LogP contribution in [0.1, 0.15) is 46.5 Å². The molecule has 0 aromatic rings. The Morgan fingerprint density at radius 2 is 2.00 bits per heavy atom. The minimum atomic E-state index is 0.00631. The van der Waals surface area contributed by atoms with Gasteiger partial charge >= 0.3 is 0 Å². The molecular weight excluding hydrogens is 184 g/mol. The highest BCUT2D eigenvalue weighted by Gasteiger charge is 2.16. The Hall–Kier alpha value is -1.02. The molecule has 0 saturated heterocycles. The molecule has 83 valence electrons. The molecule has 1 unspecified atom stereocenters. The lowest BCUT2D eigenvalue weighted by atomic mass is 9.92. The van der Waals surface area contributed by atoms with Crippen molar-refractivity contribution in [1.82, 2.24) is 0 Å². The number of hydrogen-bond acceptors (Lipinski definition) is 1. The molecule has 0 aliphatic heterocycles. The minimum absolute atomic E-state index is 0.00631. The molecule has 0 aliphatic carbocycles. The topological polar surface area (TPSA) is 28.1 Å². The highest BCUT2D eigenvalue weighted by molar-refractivity contribution is 4.97. The first-order valence-electron chi connectivity index (χ1n) is 5.68. The molecule has 0 N–H and O–H groups in total. The van der Waals surface area contributed by atoms with E-state index < -0.39 is 0 Å². The van der Waals surface area contributed by atoms with Crippen LogP contribution in [-0.2, 0) is 0 Å². The molecule has 0 aromatic heterocycles. The van der Waals surface area contributed by atoms with Crippen molar-refractivity contribution in [3.8, 4) is 6.07 Å². The van der Waals surface area contributed by atoms with E-state index in [4.69, 9.17) is 11.8 Å². The molecule has 0 saturated carbocycles. The maximum absolute atomic E-state index is 8.41. The number of rotatable bonds is 7. The van der Waals surface area contributed by atoms with Crippen molar-refractivity contribution in [2.45, 2.75) is 52.5 Å². The van der Waals surface area contributed by atoms with Gasteiger partial charge in [0.25, 0.3) is 0 Å². The first kappa shape index (κ1) is 14.0. The molecule has 0 amide bonds. The summed E-state index contributed by atoms with van der Waals surface area (Å²) in [5.74, 6) is 1.34. The van der Waals surface area contributed by atoms with Crippen molar-refractivity contribution in [2.24, 2.45) is 11.8 Å². The lowest BCUT2D eigenvalue weighted by Crippen LogP contribution is -2.09. The lowest BCUT2D eigenvalue weighted by Gasteiger charge is -2.13. The Balaban J connectivity index is 3.77. The fourth-order valence-electron chi connectivity index (χ4n) is 1.59. The van der Waals surface area contributed by atoms with E-state index in [-0.39, 0.29) is 6.04 Å². The highest BCUT2D eigenvalue weighted by atomic mass is 14.7. The summed E-state index contributed by atoms with van der Waals surface area (Å²) in [6.07, 6.45) is 5.50. The number of nitriles is 1. The van der Waals surface area contributed by atoms with Gasteiger partial charge in [-0.2, -0.15) is 5.26 Å². The Kier molecular flexibility index (Phi) is 7.74. The first-order chi connectivity index (χ1) is 7.10. The van der Waals surface area contributed by atoms with Crippen molar-refractivity contribution in [2.75, 3.05) is 0 Å². The average Bonchev–Trinajstić information content (AvgIpc) is 2.21. The SMILES string of the molecule is [C-]#[N+][C@@H](C[CH]C#N)CC(C)CCC(C)C. The molecule has 1 radical (unpaired) electrons. The average molecular weight is 205 g/mol. The molecule has 0 spiro atoms. The van der Waals surface area contributed by atoms with Crippen molar-refractivity contribution < 1.29 is 0 Å². The zero-order valence-electron chi connectivity index (χ0n) is 10.0. The van der Waals surface area contributed by atoms with Gasteiger partial charge in [-0.05, 0) is 11.8 Å². The van der Waals surface area contributed by atoms with Gasteiger partial charge in [0, 0.05) is 12.8 Å². The maximum atomic E-state index is 8.41. The van der Waals surface area contributed by atoms with E-state index in [1.54, 1.807) is 0 Å². The maximum Gasteiger partial charge on any atom is 0.225 e. The van der Waals surface area contributed by atoms with E-state index in [9.17, 15) is 0 Å². The van der Waals surface area contributed by atoms with Gasteiger partial charge in [-0.1, -0.05) is 33.6 Å². The molecule has 2 heteroatoms. The number of hydrogen-bond donors (Lipinski definition) is 0. The second kappa shape index (κ2) is 8.30. The third-order valence-corrected chi connectivity index (χ3v) is 2.58. The third kappa shape index (κ3) is 8.01. The minimum Gasteiger partial charge on any atom is -0.314 e. The summed E-state index contributed by atoms with van der Waals surface area (Å²) in [7, 11) is 0. The van der Waals surface area contributed by atoms with Crippen molar-refractivity contribution >= 4 is 0 Å². The second-order valence-electron chi connectivity index (χ2n) is 4.66. The van der Waals surface area contributed by atoms with E-state index in [1.165, 1.54) is 19.3 Å². The fourth-order valence-corrected chi connectivity index (χ4v) is 1.59. The monoisotopic (exact) mass is 205 g/mol. The summed E-state index contributed by atoms with van der Waals surface area (Å²) in [6, 6.07) is 1.99. The van der Waals surface area contributed by atoms with Gasteiger partial charge < -0.3 is 4.85 Å². The van der Waals surface area contributed by atoms with Crippen LogP contribution in [0.3, 0.4) is 0 Å². The summed E-state index contributed by atoms with van der Waals surface area (Å²) >= 11 is 0. The normalized spacial score (nSPS) is 14.3. The summed E-state index contributed by atoms with van der Waals surface area (Å²) < 4.78 is 0. The zero-order chi connectivity index (χ0) is 11.7. The molecular formula is C13H21N2. The van der Waals surface area contributed by atoms with E-state index in [1.807, 2.05) is 6.07 Å². The van der Waals surface area contributed by atoms with Gasteiger partial charge in [0.2, 0.25) is 6.04 Å². The predicted octanol–water partition coefficient (Wildman–Crippen LogP) is 3.85. The van der Waals surface area contributed by atoms with Gasteiger partial charge in [-0.3, -0.25) is 0 Å². The van der Waals surface area contributed by atoms with Crippen LogP contribution in [-0.4, -0.2) is 6.04 Å². The molecule has 2 atom stereocenters. The smallest absolute Gasteiger partial charge is 0.225 e. The predicted molar refractivity (Wildman–Crippen MR) is 62.8 cm³/mol. The zero-order valence-corrected chi connectivity index (χ0v) is 10.0. The van der Waals surface area contributed by atoms with Crippen LogP contribution in [0, 0.1) is 36.2 Å². The summed E-state index contributed by atoms with van der Waals surface area (Å²) in [6.45, 7) is 13.7. The lowest BCUT2D eigenvalue weighted by molar-refractivity contribution is 0.411. The Bertz CT molecular complexity index is 232. The van der Waals surface area contributed by atoms with Crippen LogP contribution in [0.25, 0.3) is 4.85 Å². The van der Waals surface area contributed by atoms with Crippen LogP contribution in [0.15, 0.2) is 0 Å². The van der Waals surface area contributed by atoms with E-state index >= 15 is 0 Å². The highest BCUT2D eigenvalue weighted by Crippen LogP contribution is 2.19. The molecule has 15 heavy (non-hydrogen) atoms. The van der Waals surface area contributed by atoms with Gasteiger partial charge in [0.1, 0.15) is 0 Å². The van der Waals surface area contributed by atoms with Gasteiger partial charge in [-0.25, -0.2) is 6.57 Å². The second-order valence-corrected chi connectivity index (χ2v) is 4.66. The molecule has 0 rings (SSSR count). The van der Waals surface area contributed by atoms with Gasteiger partial charge in [0.05, 0.1) is 12.5 Å². The van der Waals surface area contributed by atoms with Crippen molar-refractivity contribution in [3.63, 3.8) is 0 Å². The van der Waals surface area contributed by atoms with Crippen molar-refractivity contribution in [3.05, 3.63) is 17.8 Å². The third-order valence-electron chi connectivity index (χ3n) is 2.58. The van der Waals surface area contributed by atoms with E-state index in [2.05, 4.69) is 25.6 Å². The Morgan fingerprint density at radius 1 is 1.33 bits per heavy atom. The van der Waals surface area contributed by atoms with Crippen LogP contribution < -0.4 is 0 Å². The standard InChI is InChI=1S/C13H21N2/c1-11(2)7-8-12(3)10-13(15-4)6-5-9-14/h5,11-13H,6-8,10H2,1-3H3/t12?,13-/m0/s1. The van der Waals surface area contributed by atoms with E-state index in [0.29, 0.717) is 12.3 Å². The Labute approximate surface area is 94.1 Å². The fraction of sp³-hybridized carbons (Fsp3) is 0.769. The van der Waals surface area contributed by atoms with Gasteiger partial charge in [0.15, 0.2) is 0 Å². The van der Waals surface area contributed by atoms with E-state index in [0.717, 1.165) is 12.3 Å². The summed E-state index contributed by atoms with van der Waals surface area (Å²) in [5.41, 5.74) is 0. The molecule has 2 nitrogen and oxygen atoms in total. The summed E-state index contributed by atoms with van der Waals surface area (Å²) in [5, 5.41) is 8.41.